The lowest BCUT2D eigenvalue weighted by molar-refractivity contribution is -0.120. The second kappa shape index (κ2) is 19.0. The van der Waals surface area contributed by atoms with E-state index >= 15 is 0 Å². The van der Waals surface area contributed by atoms with Gasteiger partial charge in [-0.2, -0.15) is 0 Å². The number of fused-ring (bicyclic) bond motifs is 2. The van der Waals surface area contributed by atoms with Crippen LogP contribution in [0.2, 0.25) is 0 Å². The van der Waals surface area contributed by atoms with E-state index in [1.807, 2.05) is 13.8 Å². The van der Waals surface area contributed by atoms with Gasteiger partial charge in [0.1, 0.15) is 6.10 Å². The Kier molecular flexibility index (Phi) is 15.8. The zero-order chi connectivity index (χ0) is 32.6. The van der Waals surface area contributed by atoms with E-state index in [9.17, 15) is 24.3 Å². The topological polar surface area (TPSA) is 160 Å². The van der Waals surface area contributed by atoms with Crippen LogP contribution >= 0.6 is 0 Å². The average molecular weight is 615 g/mol. The average Bonchev–Trinajstić information content (AvgIpc) is 3.52. The fraction of sp³-hybridized carbons (Fsp3) is 0.576. The van der Waals surface area contributed by atoms with Crippen molar-refractivity contribution < 1.29 is 33.8 Å². The normalized spacial score (nSPS) is 27.5. The number of Topliss-reactive ketones (excluding diaryl/α,β-unsaturated/α-hetero) is 1. The van der Waals surface area contributed by atoms with Crippen LogP contribution in [-0.2, 0) is 23.9 Å². The number of primary amides is 1. The maximum absolute atomic E-state index is 13.5. The van der Waals surface area contributed by atoms with Crippen molar-refractivity contribution in [3.8, 4) is 0 Å². The number of ketones is 2. The molecule has 1 saturated heterocycles. The summed E-state index contributed by atoms with van der Waals surface area (Å²) >= 11 is 0. The van der Waals surface area contributed by atoms with Crippen molar-refractivity contribution in [3.05, 3.63) is 58.5 Å². The van der Waals surface area contributed by atoms with Gasteiger partial charge in [0.2, 0.25) is 11.6 Å². The first-order valence-electron chi connectivity index (χ1n) is 15.6. The molecule has 5 N–H and O–H groups in total. The Morgan fingerprint density at radius 1 is 1.14 bits per heavy atom. The summed E-state index contributed by atoms with van der Waals surface area (Å²) in [5.74, 6) is -1.27. The van der Waals surface area contributed by atoms with Crippen LogP contribution in [0.3, 0.4) is 0 Å². The molecule has 2 aliphatic heterocycles. The molecule has 0 aromatic carbocycles. The molecule has 2 bridgehead atoms. The second-order valence-electron chi connectivity index (χ2n) is 10.9. The van der Waals surface area contributed by atoms with E-state index in [4.69, 9.17) is 15.2 Å². The maximum Gasteiger partial charge on any atom is 0.405 e. The lowest BCUT2D eigenvalue weighted by Crippen LogP contribution is -2.37. The van der Waals surface area contributed by atoms with E-state index in [1.54, 1.807) is 32.1 Å². The van der Waals surface area contributed by atoms with E-state index in [0.29, 0.717) is 49.8 Å². The summed E-state index contributed by atoms with van der Waals surface area (Å²) in [6, 6.07) is 0. The number of likely N-dealkylation sites (tertiary alicyclic amines) is 1. The Labute approximate surface area is 261 Å². The molecule has 0 radical (unpaired) electrons. The molecule has 2 amide bonds. The second-order valence-corrected chi connectivity index (χ2v) is 10.9. The number of aliphatic hydroxyl groups is 1. The fourth-order valence-corrected chi connectivity index (χ4v) is 5.26. The number of ether oxygens (including phenoxy) is 2. The number of methoxy groups -OCH3 is 1. The Bertz CT molecular complexity index is 1180. The monoisotopic (exact) mass is 614 g/mol. The Morgan fingerprint density at radius 2 is 1.84 bits per heavy atom. The van der Waals surface area contributed by atoms with Crippen LogP contribution in [-0.4, -0.2) is 85.2 Å². The van der Waals surface area contributed by atoms with Gasteiger partial charge in [-0.3, -0.25) is 14.4 Å². The summed E-state index contributed by atoms with van der Waals surface area (Å²) in [6.07, 6.45) is 9.10. The van der Waals surface area contributed by atoms with Crippen molar-refractivity contribution in [2.75, 3.05) is 33.3 Å². The van der Waals surface area contributed by atoms with Gasteiger partial charge in [0.05, 0.1) is 17.5 Å². The van der Waals surface area contributed by atoms with Crippen molar-refractivity contribution in [2.24, 2.45) is 5.73 Å². The molecule has 1 aliphatic carbocycles. The number of amides is 2. The highest BCUT2D eigenvalue weighted by Gasteiger charge is 2.30. The summed E-state index contributed by atoms with van der Waals surface area (Å²) in [7, 11) is 1.45. The number of carbonyl (C=O) groups is 4. The third-order valence-electron chi connectivity index (χ3n) is 7.71. The van der Waals surface area contributed by atoms with Gasteiger partial charge in [0.15, 0.2) is 6.10 Å². The van der Waals surface area contributed by atoms with Crippen LogP contribution in [0.1, 0.15) is 72.6 Å². The summed E-state index contributed by atoms with van der Waals surface area (Å²) in [6.45, 7) is 10.7. The van der Waals surface area contributed by atoms with Crippen LogP contribution in [0.4, 0.5) is 4.79 Å². The van der Waals surface area contributed by atoms with Gasteiger partial charge in [-0.15, -0.1) is 0 Å². The van der Waals surface area contributed by atoms with E-state index in [0.717, 1.165) is 32.5 Å². The summed E-state index contributed by atoms with van der Waals surface area (Å²) in [5.41, 5.74) is 6.79. The van der Waals surface area contributed by atoms with E-state index < -0.39 is 36.1 Å². The standard InChI is InChI=1S/C31H44N4O7.C2H6/c1-20-13-14-22(36)10-4-5-11-23-27(33-15-18-35-16-6-7-17-35)25(37)19-24(28(23)38)34-30(39)21(2)9-8-12-26(41-3)29(20)42-31(32)40;1-2/h8-9,12-13,19,22,26,29,33,36H,4-7,10-11,14-18H2,1-3H3,(H2,32,40)(H,34,39);1-2H3/b12-8-,20-13+,21-9+;. The zero-order valence-corrected chi connectivity index (χ0v) is 26.8. The molecule has 3 atom stereocenters. The summed E-state index contributed by atoms with van der Waals surface area (Å²) in [5, 5.41) is 16.4. The molecule has 11 nitrogen and oxygen atoms in total. The fourth-order valence-electron chi connectivity index (χ4n) is 5.26. The van der Waals surface area contributed by atoms with Gasteiger partial charge < -0.3 is 35.8 Å². The minimum atomic E-state index is -0.967. The quantitative estimate of drug-likeness (QED) is 0.260. The molecule has 3 unspecified atom stereocenters. The van der Waals surface area contributed by atoms with E-state index in [-0.39, 0.29) is 22.8 Å². The minimum Gasteiger partial charge on any atom is -0.439 e. The summed E-state index contributed by atoms with van der Waals surface area (Å²) < 4.78 is 10.8. The van der Waals surface area contributed by atoms with Crippen LogP contribution in [0.25, 0.3) is 0 Å². The highest BCUT2D eigenvalue weighted by Crippen LogP contribution is 2.24. The smallest absolute Gasteiger partial charge is 0.405 e. The predicted octanol–water partition coefficient (Wildman–Crippen LogP) is 3.36. The summed E-state index contributed by atoms with van der Waals surface area (Å²) in [4.78, 5) is 53.5. The molecular formula is C33H50N4O7. The zero-order valence-electron chi connectivity index (χ0n) is 26.8. The molecule has 44 heavy (non-hydrogen) atoms. The highest BCUT2D eigenvalue weighted by molar-refractivity contribution is 6.23. The Hall–Kier alpha value is -3.54. The minimum absolute atomic E-state index is 0.0655. The van der Waals surface area contributed by atoms with Crippen molar-refractivity contribution in [2.45, 2.75) is 91.0 Å². The third-order valence-corrected chi connectivity index (χ3v) is 7.71. The van der Waals surface area contributed by atoms with Crippen molar-refractivity contribution in [1.82, 2.24) is 15.5 Å². The number of rotatable bonds is 6. The molecule has 11 heteroatoms. The maximum atomic E-state index is 13.5. The molecule has 244 valence electrons. The lowest BCUT2D eigenvalue weighted by atomic mass is 9.92. The molecule has 3 rings (SSSR count). The lowest BCUT2D eigenvalue weighted by Gasteiger charge is -2.24. The predicted molar refractivity (Wildman–Crippen MR) is 169 cm³/mol. The van der Waals surface area contributed by atoms with Gasteiger partial charge in [-0.25, -0.2) is 4.79 Å². The molecule has 0 aromatic rings. The number of nitrogens with two attached hydrogens (primary N) is 1. The van der Waals surface area contributed by atoms with Crippen LogP contribution < -0.4 is 16.4 Å². The van der Waals surface area contributed by atoms with Crippen LogP contribution in [0.5, 0.6) is 0 Å². The largest absolute Gasteiger partial charge is 0.439 e. The first-order chi connectivity index (χ1) is 21.1. The molecule has 0 aromatic heterocycles. The SMILES string of the molecule is CC.COC1/C=C\C=C(/C)C(=O)NC2=CC(=O)C(NCCN3CCCC3)=C(CCCCC(O)C/C=C(\C)C1OC(N)=O)C2=O. The molecule has 0 saturated carbocycles. The van der Waals surface area contributed by atoms with E-state index in [2.05, 4.69) is 15.5 Å². The Morgan fingerprint density at radius 3 is 2.50 bits per heavy atom. The number of carbonyl (C=O) groups excluding carboxylic acids is 4. The third kappa shape index (κ3) is 11.2. The van der Waals surface area contributed by atoms with Gasteiger partial charge in [0, 0.05) is 37.4 Å². The van der Waals surface area contributed by atoms with Crippen LogP contribution in [0.15, 0.2) is 58.5 Å². The van der Waals surface area contributed by atoms with Crippen molar-refractivity contribution >= 4 is 23.6 Å². The number of nitrogens with one attached hydrogen (secondary N) is 2. The molecule has 0 spiro atoms. The van der Waals surface area contributed by atoms with Crippen molar-refractivity contribution in [1.29, 1.82) is 0 Å². The molecule has 2 heterocycles. The van der Waals surface area contributed by atoms with E-state index in [1.165, 1.54) is 19.3 Å². The number of aliphatic hydroxyl groups excluding tert-OH is 1. The molecule has 3 aliphatic rings. The number of hydrogen-bond acceptors (Lipinski definition) is 9. The first kappa shape index (κ1) is 36.7. The number of allylic oxidation sites excluding steroid dienone is 4. The van der Waals surface area contributed by atoms with Gasteiger partial charge in [-0.05, 0) is 71.0 Å². The number of hydrogen-bond donors (Lipinski definition) is 4. The van der Waals surface area contributed by atoms with Gasteiger partial charge in [-0.1, -0.05) is 44.6 Å². The Balaban J connectivity index is 0.00000330. The first-order valence-corrected chi connectivity index (χ1v) is 15.6. The van der Waals surface area contributed by atoms with Gasteiger partial charge in [0.25, 0.3) is 5.91 Å². The van der Waals surface area contributed by atoms with Gasteiger partial charge >= 0.3 is 6.09 Å². The highest BCUT2D eigenvalue weighted by atomic mass is 16.6. The van der Waals surface area contributed by atoms with Crippen LogP contribution in [0, 0.1) is 0 Å². The molecule has 1 fully saturated rings. The number of nitrogens with zero attached hydrogens (tertiary/aromatic N) is 1. The molecular weight excluding hydrogens is 564 g/mol. The van der Waals surface area contributed by atoms with Crippen molar-refractivity contribution in [3.63, 3.8) is 0 Å².